The van der Waals surface area contributed by atoms with Gasteiger partial charge in [0.2, 0.25) is 6.20 Å². The molecule has 0 spiro atoms. The van der Waals surface area contributed by atoms with Crippen LogP contribution >= 0.6 is 0 Å². The second kappa shape index (κ2) is 7.58. The normalized spacial score (nSPS) is 12.2. The highest BCUT2D eigenvalue weighted by Crippen LogP contribution is 2.25. The number of methoxy groups -OCH3 is 1. The predicted molar refractivity (Wildman–Crippen MR) is 96.4 cm³/mol. The van der Waals surface area contributed by atoms with Crippen molar-refractivity contribution >= 4 is 25.1 Å². The van der Waals surface area contributed by atoms with Crippen molar-refractivity contribution in [3.05, 3.63) is 40.2 Å². The van der Waals surface area contributed by atoms with Crippen LogP contribution in [-0.4, -0.2) is 36.5 Å². The summed E-state index contributed by atoms with van der Waals surface area (Å²) < 4.78 is 12.7. The maximum Gasteiger partial charge on any atom is 0.236 e. The molecule has 1 aromatic carbocycles. The lowest BCUT2D eigenvalue weighted by Crippen LogP contribution is -2.22. The largest absolute Gasteiger partial charge is 0.497 e. The van der Waals surface area contributed by atoms with Crippen LogP contribution in [0, 0.1) is 10.1 Å². The van der Waals surface area contributed by atoms with Crippen molar-refractivity contribution in [1.29, 1.82) is 0 Å². The highest BCUT2D eigenvalue weighted by molar-refractivity contribution is 6.76. The van der Waals surface area contributed by atoms with Crippen LogP contribution in [0.2, 0.25) is 25.7 Å². The Balaban J connectivity index is 2.24. The molecule has 0 radical (unpaired) electrons. The van der Waals surface area contributed by atoms with Crippen molar-refractivity contribution in [2.24, 2.45) is 0 Å². The SMILES string of the molecule is COc1ccc2c(c1)c(C=C[N+](=O)[O-])nn2COCC[Si](C)(C)C. The summed E-state index contributed by atoms with van der Waals surface area (Å²) in [6, 6.07) is 6.62. The lowest BCUT2D eigenvalue weighted by atomic mass is 10.2. The van der Waals surface area contributed by atoms with E-state index >= 15 is 0 Å². The molecule has 2 aromatic rings. The van der Waals surface area contributed by atoms with E-state index in [-0.39, 0.29) is 0 Å². The van der Waals surface area contributed by atoms with Crippen molar-refractivity contribution in [2.75, 3.05) is 13.7 Å². The number of nitro groups is 1. The summed E-state index contributed by atoms with van der Waals surface area (Å²) in [5.74, 6) is 0.678. The first kappa shape index (κ1) is 18.1. The molecular weight excluding hydrogens is 326 g/mol. The highest BCUT2D eigenvalue weighted by atomic mass is 28.3. The Morgan fingerprint density at radius 1 is 1.38 bits per heavy atom. The zero-order valence-electron chi connectivity index (χ0n) is 14.5. The lowest BCUT2D eigenvalue weighted by molar-refractivity contribution is -0.400. The predicted octanol–water partition coefficient (Wildman–Crippen LogP) is 3.60. The molecule has 0 N–H and O–H groups in total. The van der Waals surface area contributed by atoms with Crippen LogP contribution in [0.4, 0.5) is 0 Å². The van der Waals surface area contributed by atoms with E-state index in [2.05, 4.69) is 24.7 Å². The van der Waals surface area contributed by atoms with E-state index in [0.29, 0.717) is 24.8 Å². The first-order chi connectivity index (χ1) is 11.3. The molecule has 0 fully saturated rings. The van der Waals surface area contributed by atoms with E-state index in [1.165, 1.54) is 6.08 Å². The quantitative estimate of drug-likeness (QED) is 0.315. The Hall–Kier alpha value is -2.19. The van der Waals surface area contributed by atoms with Gasteiger partial charge in [-0.3, -0.25) is 10.1 Å². The van der Waals surface area contributed by atoms with Gasteiger partial charge in [-0.1, -0.05) is 19.6 Å². The van der Waals surface area contributed by atoms with Gasteiger partial charge in [0.05, 0.1) is 23.2 Å². The summed E-state index contributed by atoms with van der Waals surface area (Å²) in [5.41, 5.74) is 1.38. The molecule has 1 aromatic heterocycles. The Labute approximate surface area is 142 Å². The molecule has 0 saturated heterocycles. The molecule has 0 unspecified atom stereocenters. The Kier molecular flexibility index (Phi) is 5.74. The van der Waals surface area contributed by atoms with Crippen LogP contribution in [0.25, 0.3) is 17.0 Å². The Morgan fingerprint density at radius 2 is 2.12 bits per heavy atom. The van der Waals surface area contributed by atoms with Crippen LogP contribution in [-0.2, 0) is 11.5 Å². The van der Waals surface area contributed by atoms with E-state index in [4.69, 9.17) is 9.47 Å². The number of rotatable bonds is 8. The standard InChI is InChI=1S/C16H23N3O4Si/c1-22-13-5-6-16-14(11-13)15(7-8-19(20)21)17-18(16)12-23-9-10-24(2,3)4/h5-8,11H,9-10,12H2,1-4H3. The average molecular weight is 349 g/mol. The van der Waals surface area contributed by atoms with Gasteiger partial charge >= 0.3 is 0 Å². The minimum Gasteiger partial charge on any atom is -0.497 e. The molecule has 24 heavy (non-hydrogen) atoms. The minimum atomic E-state index is -1.14. The number of nitrogens with zero attached hydrogens (tertiary/aromatic N) is 3. The highest BCUT2D eigenvalue weighted by Gasteiger charge is 2.14. The monoisotopic (exact) mass is 349 g/mol. The molecule has 130 valence electrons. The second-order valence-electron chi connectivity index (χ2n) is 6.72. The summed E-state index contributed by atoms with van der Waals surface area (Å²) in [6.07, 6.45) is 2.28. The Morgan fingerprint density at radius 3 is 2.75 bits per heavy atom. The zero-order valence-corrected chi connectivity index (χ0v) is 15.5. The van der Waals surface area contributed by atoms with E-state index < -0.39 is 13.0 Å². The third-order valence-electron chi connectivity index (χ3n) is 3.55. The Bertz CT molecular complexity index is 750. The fraction of sp³-hybridized carbons (Fsp3) is 0.438. The van der Waals surface area contributed by atoms with Gasteiger partial charge < -0.3 is 9.47 Å². The second-order valence-corrected chi connectivity index (χ2v) is 12.3. The minimum absolute atomic E-state index is 0.319. The molecule has 0 saturated carbocycles. The molecule has 0 aliphatic heterocycles. The van der Waals surface area contributed by atoms with Crippen molar-refractivity contribution in [1.82, 2.24) is 9.78 Å². The van der Waals surface area contributed by atoms with Gasteiger partial charge in [-0.05, 0) is 24.2 Å². The molecule has 7 nitrogen and oxygen atoms in total. The van der Waals surface area contributed by atoms with Gasteiger partial charge in [0.1, 0.15) is 12.5 Å². The maximum atomic E-state index is 10.6. The summed E-state index contributed by atoms with van der Waals surface area (Å²) in [5, 5.41) is 15.8. The first-order valence-electron chi connectivity index (χ1n) is 7.74. The molecular formula is C16H23N3O4Si. The topological polar surface area (TPSA) is 79.4 Å². The summed E-state index contributed by atoms with van der Waals surface area (Å²) >= 11 is 0. The molecule has 0 atom stereocenters. The number of fused-ring (bicyclic) bond motifs is 1. The van der Waals surface area contributed by atoms with Crippen LogP contribution < -0.4 is 4.74 Å². The molecule has 1 heterocycles. The summed E-state index contributed by atoms with van der Waals surface area (Å²) in [7, 11) is 0.442. The van der Waals surface area contributed by atoms with E-state index in [1.807, 2.05) is 18.2 Å². The molecule has 0 aliphatic carbocycles. The van der Waals surface area contributed by atoms with Crippen molar-refractivity contribution in [3.8, 4) is 5.75 Å². The van der Waals surface area contributed by atoms with Gasteiger partial charge in [-0.25, -0.2) is 4.68 Å². The van der Waals surface area contributed by atoms with E-state index in [1.54, 1.807) is 11.8 Å². The van der Waals surface area contributed by atoms with Crippen LogP contribution in [0.3, 0.4) is 0 Å². The molecule has 2 rings (SSSR count). The fourth-order valence-electron chi connectivity index (χ4n) is 2.19. The van der Waals surface area contributed by atoms with Gasteiger partial charge in [-0.15, -0.1) is 0 Å². The van der Waals surface area contributed by atoms with Crippen molar-refractivity contribution < 1.29 is 14.4 Å². The number of aromatic nitrogens is 2. The number of benzene rings is 1. The van der Waals surface area contributed by atoms with Crippen molar-refractivity contribution in [3.63, 3.8) is 0 Å². The number of ether oxygens (including phenoxy) is 2. The zero-order chi connectivity index (χ0) is 17.7. The van der Waals surface area contributed by atoms with Gasteiger partial charge in [0.25, 0.3) is 0 Å². The maximum absolute atomic E-state index is 10.6. The third kappa shape index (κ3) is 4.90. The smallest absolute Gasteiger partial charge is 0.236 e. The molecule has 0 aliphatic rings. The summed E-state index contributed by atoms with van der Waals surface area (Å²) in [4.78, 5) is 10.1. The average Bonchev–Trinajstić information content (AvgIpc) is 2.85. The van der Waals surface area contributed by atoms with Crippen LogP contribution in [0.15, 0.2) is 24.4 Å². The molecule has 0 amide bonds. The van der Waals surface area contributed by atoms with Gasteiger partial charge in [0.15, 0.2) is 0 Å². The lowest BCUT2D eigenvalue weighted by Gasteiger charge is -2.15. The van der Waals surface area contributed by atoms with Crippen LogP contribution in [0.5, 0.6) is 5.75 Å². The van der Waals surface area contributed by atoms with Gasteiger partial charge in [-0.2, -0.15) is 5.10 Å². The fourth-order valence-corrected chi connectivity index (χ4v) is 2.95. The van der Waals surface area contributed by atoms with E-state index in [0.717, 1.165) is 23.1 Å². The number of hydrogen-bond acceptors (Lipinski definition) is 5. The van der Waals surface area contributed by atoms with Crippen LogP contribution in [0.1, 0.15) is 5.69 Å². The third-order valence-corrected chi connectivity index (χ3v) is 5.25. The summed E-state index contributed by atoms with van der Waals surface area (Å²) in [6.45, 7) is 7.90. The number of hydrogen-bond donors (Lipinski definition) is 0. The molecule has 8 heteroatoms. The molecule has 0 bridgehead atoms. The van der Waals surface area contributed by atoms with Crippen molar-refractivity contribution in [2.45, 2.75) is 32.4 Å². The van der Waals surface area contributed by atoms with Gasteiger partial charge in [0, 0.05) is 26.1 Å². The first-order valence-corrected chi connectivity index (χ1v) is 11.4. The van der Waals surface area contributed by atoms with E-state index in [9.17, 15) is 10.1 Å².